The molecule has 6 nitrogen and oxygen atoms in total. The fourth-order valence-electron chi connectivity index (χ4n) is 3.96. The topological polar surface area (TPSA) is 73.2 Å². The Morgan fingerprint density at radius 1 is 1.07 bits per heavy atom. The number of imidazole rings is 1. The minimum Gasteiger partial charge on any atom is -0.370 e. The van der Waals surface area contributed by atoms with E-state index < -0.39 is 0 Å². The van der Waals surface area contributed by atoms with Crippen LogP contribution < -0.4 is 11.1 Å². The lowest BCUT2D eigenvalue weighted by Gasteiger charge is -2.24. The van der Waals surface area contributed by atoms with Crippen molar-refractivity contribution in [3.05, 3.63) is 75.1 Å². The van der Waals surface area contributed by atoms with E-state index in [1.165, 1.54) is 3.57 Å². The summed E-state index contributed by atoms with van der Waals surface area (Å²) in [5.41, 5.74) is 12.6. The number of fused-ring (bicyclic) bond motifs is 3. The third-order valence-electron chi connectivity index (χ3n) is 5.17. The second-order valence-electron chi connectivity index (χ2n) is 6.95. The average molecular weight is 482 g/mol. The molecule has 5 rings (SSSR count). The number of aromatic nitrogens is 3. The zero-order valence-corrected chi connectivity index (χ0v) is 17.7. The molecule has 4 aromatic rings. The van der Waals surface area contributed by atoms with Crippen molar-refractivity contribution in [1.29, 1.82) is 0 Å². The van der Waals surface area contributed by atoms with E-state index in [2.05, 4.69) is 92.3 Å². The Balaban J connectivity index is 1.71. The molecule has 0 radical (unpaired) electrons. The molecule has 28 heavy (non-hydrogen) atoms. The summed E-state index contributed by atoms with van der Waals surface area (Å²) in [6.07, 6.45) is -0.257. The van der Waals surface area contributed by atoms with Crippen LogP contribution in [0.25, 0.3) is 16.7 Å². The second kappa shape index (κ2) is 6.37. The minimum atomic E-state index is -0.257. The molecule has 0 spiro atoms. The first-order valence-corrected chi connectivity index (χ1v) is 10.1. The molecule has 0 aliphatic carbocycles. The number of nitrogens with zero attached hydrogens (tertiary/aromatic N) is 4. The zero-order valence-electron chi connectivity index (χ0n) is 15.5. The van der Waals surface area contributed by atoms with Crippen LogP contribution in [0.15, 0.2) is 59.6 Å². The Bertz CT molecular complexity index is 1230. The lowest BCUT2D eigenvalue weighted by molar-refractivity contribution is 0.621. The van der Waals surface area contributed by atoms with E-state index in [1.807, 2.05) is 18.2 Å². The number of guanidine groups is 1. The summed E-state index contributed by atoms with van der Waals surface area (Å²) < 4.78 is 5.60. The van der Waals surface area contributed by atoms with E-state index in [1.54, 1.807) is 0 Å². The Morgan fingerprint density at radius 3 is 2.61 bits per heavy atom. The Kier molecular flexibility index (Phi) is 3.94. The summed E-state index contributed by atoms with van der Waals surface area (Å²) in [6.45, 7) is 4.25. The van der Waals surface area contributed by atoms with E-state index in [0.717, 1.165) is 39.6 Å². The van der Waals surface area contributed by atoms with Crippen LogP contribution in [0, 0.1) is 17.4 Å². The van der Waals surface area contributed by atoms with Crippen molar-refractivity contribution in [2.75, 3.05) is 5.32 Å². The van der Waals surface area contributed by atoms with Gasteiger partial charge in [-0.2, -0.15) is 0 Å². The van der Waals surface area contributed by atoms with Crippen LogP contribution in [-0.4, -0.2) is 20.1 Å². The SMILES string of the molecule is Cc1cc([C@@H]2N=C(N)Nc3nc4ccccc4n32)c(C)n1-c1ccc(I)cc1. The second-order valence-corrected chi connectivity index (χ2v) is 8.19. The summed E-state index contributed by atoms with van der Waals surface area (Å²) in [4.78, 5) is 9.42. The maximum atomic E-state index is 6.10. The number of halogens is 1. The third-order valence-corrected chi connectivity index (χ3v) is 5.89. The van der Waals surface area contributed by atoms with Crippen molar-refractivity contribution < 1.29 is 0 Å². The van der Waals surface area contributed by atoms with E-state index in [-0.39, 0.29) is 6.17 Å². The first-order valence-electron chi connectivity index (χ1n) is 9.05. The monoisotopic (exact) mass is 482 g/mol. The van der Waals surface area contributed by atoms with Gasteiger partial charge in [-0.3, -0.25) is 9.88 Å². The molecule has 0 saturated heterocycles. The molecule has 0 bridgehead atoms. The van der Waals surface area contributed by atoms with Gasteiger partial charge in [-0.05, 0) is 78.9 Å². The summed E-state index contributed by atoms with van der Waals surface area (Å²) in [6, 6.07) is 18.8. The van der Waals surface area contributed by atoms with Gasteiger partial charge in [-0.25, -0.2) is 9.98 Å². The highest BCUT2D eigenvalue weighted by molar-refractivity contribution is 14.1. The fourth-order valence-corrected chi connectivity index (χ4v) is 4.32. The van der Waals surface area contributed by atoms with Crippen molar-refractivity contribution in [3.63, 3.8) is 0 Å². The number of nitrogens with one attached hydrogen (secondary N) is 1. The van der Waals surface area contributed by atoms with E-state index in [0.29, 0.717) is 5.96 Å². The number of hydrogen-bond donors (Lipinski definition) is 2. The van der Waals surface area contributed by atoms with Gasteiger partial charge in [0.1, 0.15) is 0 Å². The average Bonchev–Trinajstić information content (AvgIpc) is 3.19. The molecule has 140 valence electrons. The highest BCUT2D eigenvalue weighted by Crippen LogP contribution is 2.35. The molecule has 0 fully saturated rings. The molecule has 2 aromatic heterocycles. The molecular weight excluding hydrogens is 463 g/mol. The number of anilines is 1. The number of aliphatic imine (C=N–C) groups is 1. The van der Waals surface area contributed by atoms with Gasteiger partial charge in [0.05, 0.1) is 11.0 Å². The van der Waals surface area contributed by atoms with Gasteiger partial charge in [0, 0.05) is 26.2 Å². The van der Waals surface area contributed by atoms with Crippen LogP contribution in [0.4, 0.5) is 5.95 Å². The number of aryl methyl sites for hydroxylation is 1. The summed E-state index contributed by atoms with van der Waals surface area (Å²) in [5, 5.41) is 3.10. The summed E-state index contributed by atoms with van der Waals surface area (Å²) >= 11 is 2.33. The van der Waals surface area contributed by atoms with Crippen molar-refractivity contribution in [2.45, 2.75) is 20.0 Å². The van der Waals surface area contributed by atoms with E-state index >= 15 is 0 Å². The van der Waals surface area contributed by atoms with E-state index in [9.17, 15) is 0 Å². The van der Waals surface area contributed by atoms with Crippen molar-refractivity contribution >= 4 is 45.5 Å². The minimum absolute atomic E-state index is 0.257. The molecule has 0 unspecified atom stereocenters. The molecule has 3 heterocycles. The first kappa shape index (κ1) is 17.3. The number of hydrogen-bond acceptors (Lipinski definition) is 4. The number of para-hydroxylation sites is 2. The highest BCUT2D eigenvalue weighted by Gasteiger charge is 2.28. The smallest absolute Gasteiger partial charge is 0.212 e. The summed E-state index contributed by atoms with van der Waals surface area (Å²) in [7, 11) is 0. The lowest BCUT2D eigenvalue weighted by atomic mass is 10.1. The van der Waals surface area contributed by atoms with Crippen molar-refractivity contribution in [2.24, 2.45) is 10.7 Å². The van der Waals surface area contributed by atoms with Gasteiger partial charge in [-0.1, -0.05) is 12.1 Å². The van der Waals surface area contributed by atoms with Gasteiger partial charge in [0.2, 0.25) is 5.95 Å². The van der Waals surface area contributed by atoms with Crippen LogP contribution in [0.5, 0.6) is 0 Å². The van der Waals surface area contributed by atoms with Crippen LogP contribution >= 0.6 is 22.6 Å². The number of benzene rings is 2. The number of rotatable bonds is 2. The Morgan fingerprint density at radius 2 is 1.82 bits per heavy atom. The third kappa shape index (κ3) is 2.61. The molecule has 7 heteroatoms. The standard InChI is InChI=1S/C21H19IN6/c1-12-11-16(13(2)27(12)15-9-7-14(22)8-10-15)19-25-20(23)26-21-24-17-5-3-4-6-18(17)28(19)21/h3-11,19H,1-2H3,(H3,23,24,25,26)/t19-/m1/s1. The van der Waals surface area contributed by atoms with Crippen LogP contribution in [0.3, 0.4) is 0 Å². The molecule has 1 aliphatic heterocycles. The normalized spacial score (nSPS) is 16.0. The molecule has 0 saturated carbocycles. The van der Waals surface area contributed by atoms with Crippen molar-refractivity contribution in [3.8, 4) is 5.69 Å². The quantitative estimate of drug-likeness (QED) is 0.418. The van der Waals surface area contributed by atoms with Crippen LogP contribution in [0.2, 0.25) is 0 Å². The largest absolute Gasteiger partial charge is 0.370 e. The van der Waals surface area contributed by atoms with Gasteiger partial charge in [0.25, 0.3) is 0 Å². The van der Waals surface area contributed by atoms with E-state index in [4.69, 9.17) is 10.7 Å². The van der Waals surface area contributed by atoms with Crippen molar-refractivity contribution in [1.82, 2.24) is 14.1 Å². The maximum absolute atomic E-state index is 6.10. The molecule has 0 amide bonds. The molecular formula is C21H19IN6. The highest BCUT2D eigenvalue weighted by atomic mass is 127. The Hall–Kier alpha value is -2.81. The van der Waals surface area contributed by atoms with Crippen LogP contribution in [-0.2, 0) is 0 Å². The first-order chi connectivity index (χ1) is 13.5. The maximum Gasteiger partial charge on any atom is 0.212 e. The lowest BCUT2D eigenvalue weighted by Crippen LogP contribution is -2.31. The van der Waals surface area contributed by atoms with Gasteiger partial charge >= 0.3 is 0 Å². The Labute approximate surface area is 176 Å². The van der Waals surface area contributed by atoms with Gasteiger partial charge < -0.3 is 10.3 Å². The molecule has 2 aromatic carbocycles. The predicted molar refractivity (Wildman–Crippen MR) is 121 cm³/mol. The fraction of sp³-hybridized carbons (Fsp3) is 0.143. The molecule has 1 aliphatic rings. The van der Waals surface area contributed by atoms with Gasteiger partial charge in [0.15, 0.2) is 12.1 Å². The molecule has 1 atom stereocenters. The zero-order chi connectivity index (χ0) is 19.4. The molecule has 3 N–H and O–H groups in total. The van der Waals surface area contributed by atoms with Crippen LogP contribution in [0.1, 0.15) is 23.1 Å². The summed E-state index contributed by atoms with van der Waals surface area (Å²) in [5.74, 6) is 1.10. The number of nitrogens with two attached hydrogens (primary N) is 1. The van der Waals surface area contributed by atoms with Gasteiger partial charge in [-0.15, -0.1) is 0 Å². The predicted octanol–water partition coefficient (Wildman–Crippen LogP) is 4.34.